The predicted molar refractivity (Wildman–Crippen MR) is 81.1 cm³/mol. The predicted octanol–water partition coefficient (Wildman–Crippen LogP) is 2.43. The van der Waals surface area contributed by atoms with Crippen molar-refractivity contribution in [3.63, 3.8) is 0 Å². The van der Waals surface area contributed by atoms with Crippen LogP contribution in [0, 0.1) is 18.7 Å². The molecule has 112 valence electrons. The third kappa shape index (κ3) is 3.98. The van der Waals surface area contributed by atoms with Crippen molar-refractivity contribution in [2.24, 2.45) is 5.92 Å². The van der Waals surface area contributed by atoms with Crippen LogP contribution < -0.4 is 10.7 Å². The number of rotatable bonds is 5. The van der Waals surface area contributed by atoms with E-state index in [2.05, 4.69) is 24.3 Å². The molecule has 21 heavy (non-hydrogen) atoms. The van der Waals surface area contributed by atoms with Gasteiger partial charge in [0, 0.05) is 18.3 Å². The van der Waals surface area contributed by atoms with Gasteiger partial charge in [-0.3, -0.25) is 4.79 Å². The zero-order valence-corrected chi connectivity index (χ0v) is 12.6. The molecule has 0 spiro atoms. The van der Waals surface area contributed by atoms with Crippen molar-refractivity contribution >= 4 is 0 Å². The molecule has 0 radical (unpaired) electrons. The molecule has 1 heterocycles. The molecule has 4 nitrogen and oxygen atoms in total. The largest absolute Gasteiger partial charge is 0.311 e. The van der Waals surface area contributed by atoms with Crippen molar-refractivity contribution in [1.29, 1.82) is 0 Å². The summed E-state index contributed by atoms with van der Waals surface area (Å²) in [6, 6.07) is 7.61. The van der Waals surface area contributed by atoms with Gasteiger partial charge in [0.2, 0.25) is 5.43 Å². The lowest BCUT2D eigenvalue weighted by Crippen LogP contribution is -2.26. The fraction of sp³-hybridized carbons (Fsp3) is 0.375. The van der Waals surface area contributed by atoms with Crippen LogP contribution in [-0.4, -0.2) is 16.3 Å². The second-order valence-corrected chi connectivity index (χ2v) is 5.51. The maximum Gasteiger partial charge on any atom is 0.204 e. The highest BCUT2D eigenvalue weighted by molar-refractivity contribution is 5.32. The van der Waals surface area contributed by atoms with Crippen LogP contribution in [0.25, 0.3) is 5.69 Å². The fourth-order valence-electron chi connectivity index (χ4n) is 2.03. The lowest BCUT2D eigenvalue weighted by atomic mass is 10.2. The summed E-state index contributed by atoms with van der Waals surface area (Å²) < 4.78 is 14.7. The molecule has 1 N–H and O–H groups in total. The van der Waals surface area contributed by atoms with Gasteiger partial charge in [-0.2, -0.15) is 5.10 Å². The number of nitrogens with zero attached hydrogens (tertiary/aromatic N) is 2. The minimum absolute atomic E-state index is 0.0814. The molecule has 2 aromatic rings. The van der Waals surface area contributed by atoms with E-state index in [9.17, 15) is 9.18 Å². The molecule has 5 heteroatoms. The van der Waals surface area contributed by atoms with Gasteiger partial charge in [0.1, 0.15) is 11.5 Å². The van der Waals surface area contributed by atoms with Gasteiger partial charge >= 0.3 is 0 Å². The molecule has 0 aliphatic heterocycles. The van der Waals surface area contributed by atoms with E-state index in [4.69, 9.17) is 0 Å². The Labute approximate surface area is 123 Å². The summed E-state index contributed by atoms with van der Waals surface area (Å²) in [6.07, 6.45) is 0. The molecule has 0 fully saturated rings. The minimum Gasteiger partial charge on any atom is -0.311 e. The number of benzene rings is 1. The van der Waals surface area contributed by atoms with E-state index < -0.39 is 0 Å². The summed E-state index contributed by atoms with van der Waals surface area (Å²) >= 11 is 0. The molecule has 0 saturated carbocycles. The van der Waals surface area contributed by atoms with Gasteiger partial charge < -0.3 is 5.32 Å². The van der Waals surface area contributed by atoms with E-state index in [-0.39, 0.29) is 11.2 Å². The Bertz CT molecular complexity index is 662. The van der Waals surface area contributed by atoms with Gasteiger partial charge in [-0.1, -0.05) is 13.8 Å². The van der Waals surface area contributed by atoms with Crippen LogP contribution in [0.5, 0.6) is 0 Å². The van der Waals surface area contributed by atoms with Gasteiger partial charge in [0.15, 0.2) is 0 Å². The average molecular weight is 289 g/mol. The monoisotopic (exact) mass is 289 g/mol. The zero-order valence-electron chi connectivity index (χ0n) is 12.6. The van der Waals surface area contributed by atoms with Crippen LogP contribution in [0.15, 0.2) is 35.1 Å². The van der Waals surface area contributed by atoms with Gasteiger partial charge in [-0.15, -0.1) is 0 Å². The van der Waals surface area contributed by atoms with E-state index >= 15 is 0 Å². The third-order valence-electron chi connectivity index (χ3n) is 3.10. The number of halogens is 1. The maximum atomic E-state index is 13.0. The second-order valence-electron chi connectivity index (χ2n) is 5.51. The zero-order chi connectivity index (χ0) is 15.4. The van der Waals surface area contributed by atoms with E-state index in [0.717, 1.165) is 17.9 Å². The van der Waals surface area contributed by atoms with Crippen LogP contribution in [0.3, 0.4) is 0 Å². The summed E-state index contributed by atoms with van der Waals surface area (Å²) in [4.78, 5) is 12.0. The molecule has 0 aliphatic rings. The van der Waals surface area contributed by atoms with Gasteiger partial charge in [0.05, 0.1) is 5.69 Å². The molecule has 0 amide bonds. The molecule has 0 bridgehead atoms. The highest BCUT2D eigenvalue weighted by atomic mass is 19.1. The minimum atomic E-state index is -0.295. The normalized spacial score (nSPS) is 11.1. The van der Waals surface area contributed by atoms with Crippen LogP contribution in [0.1, 0.15) is 25.2 Å². The lowest BCUT2D eigenvalue weighted by molar-refractivity contribution is 0.541. The number of aryl methyl sites for hydroxylation is 1. The smallest absolute Gasteiger partial charge is 0.204 e. The van der Waals surface area contributed by atoms with Crippen LogP contribution in [0.2, 0.25) is 0 Å². The van der Waals surface area contributed by atoms with Crippen molar-refractivity contribution in [3.05, 3.63) is 57.8 Å². The number of hydrogen-bond acceptors (Lipinski definition) is 3. The molecule has 0 saturated heterocycles. The fourth-order valence-corrected chi connectivity index (χ4v) is 2.03. The van der Waals surface area contributed by atoms with Crippen LogP contribution >= 0.6 is 0 Å². The van der Waals surface area contributed by atoms with E-state index in [1.165, 1.54) is 12.1 Å². The average Bonchev–Trinajstić information content (AvgIpc) is 2.42. The third-order valence-corrected chi connectivity index (χ3v) is 3.10. The van der Waals surface area contributed by atoms with Crippen molar-refractivity contribution < 1.29 is 4.39 Å². The van der Waals surface area contributed by atoms with Crippen molar-refractivity contribution in [2.45, 2.75) is 27.3 Å². The Hall–Kier alpha value is -2.01. The van der Waals surface area contributed by atoms with E-state index in [1.54, 1.807) is 22.9 Å². The van der Waals surface area contributed by atoms with Crippen molar-refractivity contribution in [2.75, 3.05) is 6.54 Å². The van der Waals surface area contributed by atoms with E-state index in [1.807, 2.05) is 6.92 Å². The lowest BCUT2D eigenvalue weighted by Gasteiger charge is -2.12. The van der Waals surface area contributed by atoms with Crippen LogP contribution in [0.4, 0.5) is 4.39 Å². The highest BCUT2D eigenvalue weighted by Crippen LogP contribution is 2.09. The summed E-state index contributed by atoms with van der Waals surface area (Å²) in [7, 11) is 0. The maximum absolute atomic E-state index is 13.0. The first-order valence-electron chi connectivity index (χ1n) is 7.04. The Balaban J connectivity index is 2.30. The summed E-state index contributed by atoms with van der Waals surface area (Å²) in [5.41, 5.74) is 1.84. The molecule has 0 atom stereocenters. The quantitative estimate of drug-likeness (QED) is 0.919. The van der Waals surface area contributed by atoms with Gasteiger partial charge in [0.25, 0.3) is 0 Å². The number of nitrogens with one attached hydrogen (secondary N) is 1. The van der Waals surface area contributed by atoms with Gasteiger partial charge in [-0.05, 0) is 43.7 Å². The van der Waals surface area contributed by atoms with E-state index in [0.29, 0.717) is 18.2 Å². The summed E-state index contributed by atoms with van der Waals surface area (Å²) in [5, 5.41) is 7.60. The first kappa shape index (κ1) is 15.4. The Morgan fingerprint density at radius 1 is 1.29 bits per heavy atom. The summed E-state index contributed by atoms with van der Waals surface area (Å²) in [6.45, 7) is 7.27. The standard InChI is InChI=1S/C16H20FN3O/c1-11(2)9-18-10-15-16(21)8-12(3)20(19-15)14-6-4-13(17)5-7-14/h4-8,11,18H,9-10H2,1-3H3. The van der Waals surface area contributed by atoms with Crippen molar-refractivity contribution in [1.82, 2.24) is 15.1 Å². The molecule has 1 aromatic carbocycles. The van der Waals surface area contributed by atoms with Gasteiger partial charge in [-0.25, -0.2) is 9.07 Å². The molecular formula is C16H20FN3O. The topological polar surface area (TPSA) is 46.9 Å². The SMILES string of the molecule is Cc1cc(=O)c(CNCC(C)C)nn1-c1ccc(F)cc1. The molecule has 0 unspecified atom stereocenters. The second kappa shape index (κ2) is 6.63. The highest BCUT2D eigenvalue weighted by Gasteiger charge is 2.08. The number of hydrogen-bond donors (Lipinski definition) is 1. The first-order chi connectivity index (χ1) is 9.97. The first-order valence-corrected chi connectivity index (χ1v) is 7.04. The molecule has 0 aliphatic carbocycles. The Morgan fingerprint density at radius 2 is 1.95 bits per heavy atom. The summed E-state index contributed by atoms with van der Waals surface area (Å²) in [5.74, 6) is 0.214. The number of aromatic nitrogens is 2. The van der Waals surface area contributed by atoms with Crippen LogP contribution in [-0.2, 0) is 6.54 Å². The Kier molecular flexibility index (Phi) is 4.85. The molecular weight excluding hydrogens is 269 g/mol. The molecule has 2 rings (SSSR count). The molecule has 1 aromatic heterocycles. The van der Waals surface area contributed by atoms with Crippen molar-refractivity contribution in [3.8, 4) is 5.69 Å². The Morgan fingerprint density at radius 3 is 2.57 bits per heavy atom.